The molecule has 3 rings (SSSR count). The van der Waals surface area contributed by atoms with Crippen LogP contribution in [0.25, 0.3) is 6.08 Å². The van der Waals surface area contributed by atoms with Gasteiger partial charge >= 0.3 is 10.1 Å². The summed E-state index contributed by atoms with van der Waals surface area (Å²) in [5.74, 6) is -0.465. The van der Waals surface area contributed by atoms with Gasteiger partial charge in [-0.2, -0.15) is 13.7 Å². The molecule has 37 heavy (non-hydrogen) atoms. The van der Waals surface area contributed by atoms with E-state index in [9.17, 15) is 18.5 Å². The van der Waals surface area contributed by atoms with E-state index in [0.29, 0.717) is 21.8 Å². The summed E-state index contributed by atoms with van der Waals surface area (Å²) in [5, 5.41) is 12.7. The lowest BCUT2D eigenvalue weighted by Gasteiger charge is -2.16. The summed E-state index contributed by atoms with van der Waals surface area (Å²) in [6.45, 7) is 7.56. The van der Waals surface area contributed by atoms with Crippen molar-refractivity contribution in [2.45, 2.75) is 25.2 Å². The second-order valence-corrected chi connectivity index (χ2v) is 9.90. The Hall–Kier alpha value is -4.06. The van der Waals surface area contributed by atoms with Gasteiger partial charge in [0.2, 0.25) is 0 Å². The summed E-state index contributed by atoms with van der Waals surface area (Å²) in [4.78, 5) is 12.7. The van der Waals surface area contributed by atoms with Gasteiger partial charge in [0.05, 0.1) is 6.61 Å². The molecule has 0 aromatic heterocycles. The molecule has 190 valence electrons. The lowest BCUT2D eigenvalue weighted by Crippen LogP contribution is -2.14. The Bertz CT molecular complexity index is 1490. The highest BCUT2D eigenvalue weighted by atomic mass is 35.5. The Morgan fingerprint density at radius 3 is 2.51 bits per heavy atom. The maximum Gasteiger partial charge on any atom is 0.339 e. The van der Waals surface area contributed by atoms with E-state index in [1.807, 2.05) is 13.0 Å². The molecule has 0 bridgehead atoms. The molecule has 0 aliphatic heterocycles. The third kappa shape index (κ3) is 7.23. The zero-order chi connectivity index (χ0) is 27.0. The molecular formula is C28H25ClN2O5S. The fraction of sp³-hybridized carbons (Fsp3) is 0.143. The Kier molecular flexibility index (Phi) is 9.12. The Labute approximate surface area is 221 Å². The normalized spacial score (nSPS) is 11.4. The summed E-state index contributed by atoms with van der Waals surface area (Å²) in [6.07, 6.45) is 3.21. The van der Waals surface area contributed by atoms with Crippen LogP contribution in [0.4, 0.5) is 5.69 Å². The van der Waals surface area contributed by atoms with E-state index in [0.717, 1.165) is 5.56 Å². The third-order valence-corrected chi connectivity index (χ3v) is 6.55. The van der Waals surface area contributed by atoms with Gasteiger partial charge in [-0.1, -0.05) is 41.4 Å². The maximum absolute atomic E-state index is 13.0. The third-order valence-electron chi connectivity index (χ3n) is 5.08. The van der Waals surface area contributed by atoms with Crippen LogP contribution in [0.15, 0.2) is 83.8 Å². The molecule has 3 aromatic carbocycles. The largest absolute Gasteiger partial charge is 0.490 e. The van der Waals surface area contributed by atoms with Gasteiger partial charge in [-0.15, -0.1) is 6.58 Å². The summed E-state index contributed by atoms with van der Waals surface area (Å²) in [6, 6.07) is 17.9. The van der Waals surface area contributed by atoms with Gasteiger partial charge in [0, 0.05) is 16.3 Å². The number of rotatable bonds is 10. The van der Waals surface area contributed by atoms with Crippen molar-refractivity contribution in [3.05, 3.63) is 101 Å². The van der Waals surface area contributed by atoms with Gasteiger partial charge in [-0.05, 0) is 74.4 Å². The average molecular weight is 537 g/mol. The minimum absolute atomic E-state index is 0.00136. The predicted octanol–water partition coefficient (Wildman–Crippen LogP) is 6.09. The Balaban J connectivity index is 2.02. The SMILES string of the molecule is C=CCc1cc(/C=C(\C#N)C(=O)Nc2cccc(Cl)c2)cc(OCC)c1OS(=O)(=O)c1ccc(C)cc1. The summed E-state index contributed by atoms with van der Waals surface area (Å²) in [5.41, 5.74) is 2.07. The molecule has 0 aliphatic rings. The van der Waals surface area contributed by atoms with Crippen LogP contribution in [-0.2, 0) is 21.3 Å². The molecule has 0 saturated carbocycles. The molecule has 7 nitrogen and oxygen atoms in total. The first-order chi connectivity index (χ1) is 17.7. The molecule has 0 spiro atoms. The van der Waals surface area contributed by atoms with Crippen molar-refractivity contribution < 1.29 is 22.1 Å². The lowest BCUT2D eigenvalue weighted by atomic mass is 10.0. The highest BCUT2D eigenvalue weighted by Gasteiger charge is 2.23. The number of carbonyl (C=O) groups excluding carboxylic acids is 1. The topological polar surface area (TPSA) is 105 Å². The van der Waals surface area contributed by atoms with E-state index in [4.69, 9.17) is 20.5 Å². The standard InChI is InChI=1S/C28H25ClN2O5S/c1-4-7-21-14-20(15-22(18-30)28(32)31-24-9-6-8-23(29)17-24)16-26(35-5-2)27(21)36-37(33,34)25-12-10-19(3)11-13-25/h4,6,8-17H,1,5,7H2,2-3H3,(H,31,32)/b22-15+. The van der Waals surface area contributed by atoms with Crippen molar-refractivity contribution in [3.8, 4) is 17.6 Å². The van der Waals surface area contributed by atoms with E-state index >= 15 is 0 Å². The van der Waals surface area contributed by atoms with Crippen LogP contribution in [0.2, 0.25) is 5.02 Å². The van der Waals surface area contributed by atoms with Crippen LogP contribution in [-0.4, -0.2) is 20.9 Å². The minimum atomic E-state index is -4.16. The van der Waals surface area contributed by atoms with Gasteiger partial charge in [0.25, 0.3) is 5.91 Å². The number of hydrogen-bond acceptors (Lipinski definition) is 6. The van der Waals surface area contributed by atoms with E-state index in [1.165, 1.54) is 24.3 Å². The van der Waals surface area contributed by atoms with Gasteiger partial charge < -0.3 is 14.2 Å². The zero-order valence-electron chi connectivity index (χ0n) is 20.3. The van der Waals surface area contributed by atoms with Crippen LogP contribution >= 0.6 is 11.6 Å². The Morgan fingerprint density at radius 1 is 1.16 bits per heavy atom. The van der Waals surface area contributed by atoms with E-state index in [1.54, 1.807) is 55.5 Å². The van der Waals surface area contributed by atoms with Gasteiger partial charge in [-0.3, -0.25) is 4.79 Å². The number of aryl methyl sites for hydroxylation is 1. The smallest absolute Gasteiger partial charge is 0.339 e. The van der Waals surface area contributed by atoms with Gasteiger partial charge in [-0.25, -0.2) is 0 Å². The van der Waals surface area contributed by atoms with Crippen LogP contribution in [0.3, 0.4) is 0 Å². The molecule has 9 heteroatoms. The maximum atomic E-state index is 13.0. The first kappa shape index (κ1) is 27.5. The van der Waals surface area contributed by atoms with Crippen LogP contribution < -0.4 is 14.2 Å². The number of halogens is 1. The molecule has 0 saturated heterocycles. The molecule has 3 aromatic rings. The molecule has 0 fully saturated rings. The number of hydrogen-bond donors (Lipinski definition) is 1. The Morgan fingerprint density at radius 2 is 1.89 bits per heavy atom. The molecule has 0 radical (unpaired) electrons. The van der Waals surface area contributed by atoms with Gasteiger partial charge in [0.15, 0.2) is 11.5 Å². The lowest BCUT2D eigenvalue weighted by molar-refractivity contribution is -0.112. The number of anilines is 1. The summed E-state index contributed by atoms with van der Waals surface area (Å²) in [7, 11) is -4.16. The fourth-order valence-corrected chi connectivity index (χ4v) is 4.54. The van der Waals surface area contributed by atoms with Crippen molar-refractivity contribution >= 4 is 39.4 Å². The first-order valence-electron chi connectivity index (χ1n) is 11.3. The quantitative estimate of drug-likeness (QED) is 0.145. The number of ether oxygens (including phenoxy) is 1. The number of nitriles is 1. The second-order valence-electron chi connectivity index (χ2n) is 7.92. The minimum Gasteiger partial charge on any atom is -0.490 e. The molecular weight excluding hydrogens is 512 g/mol. The van der Waals surface area contributed by atoms with Crippen molar-refractivity contribution in [3.63, 3.8) is 0 Å². The molecule has 1 amide bonds. The van der Waals surface area contributed by atoms with Crippen LogP contribution in [0, 0.1) is 18.3 Å². The zero-order valence-corrected chi connectivity index (χ0v) is 21.9. The highest BCUT2D eigenvalue weighted by Crippen LogP contribution is 2.37. The summed E-state index contributed by atoms with van der Waals surface area (Å²) < 4.78 is 37.2. The second kappa shape index (κ2) is 12.3. The van der Waals surface area contributed by atoms with E-state index in [2.05, 4.69) is 11.9 Å². The van der Waals surface area contributed by atoms with Crippen LogP contribution in [0.5, 0.6) is 11.5 Å². The predicted molar refractivity (Wildman–Crippen MR) is 144 cm³/mol. The van der Waals surface area contributed by atoms with Gasteiger partial charge in [0.1, 0.15) is 16.5 Å². The van der Waals surface area contributed by atoms with Crippen LogP contribution in [0.1, 0.15) is 23.6 Å². The first-order valence-corrected chi connectivity index (χ1v) is 13.1. The molecule has 0 atom stereocenters. The number of nitrogens with zero attached hydrogens (tertiary/aromatic N) is 1. The van der Waals surface area contributed by atoms with Crippen molar-refractivity contribution in [2.24, 2.45) is 0 Å². The monoisotopic (exact) mass is 536 g/mol. The number of benzene rings is 3. The number of carbonyl (C=O) groups is 1. The van der Waals surface area contributed by atoms with E-state index < -0.39 is 16.0 Å². The molecule has 0 heterocycles. The molecule has 0 aliphatic carbocycles. The molecule has 0 unspecified atom stereocenters. The average Bonchev–Trinajstić information content (AvgIpc) is 2.85. The number of nitrogens with one attached hydrogen (secondary N) is 1. The van der Waals surface area contributed by atoms with Crippen molar-refractivity contribution in [1.29, 1.82) is 5.26 Å². The molecule has 1 N–H and O–H groups in total. The highest BCUT2D eigenvalue weighted by molar-refractivity contribution is 7.87. The van der Waals surface area contributed by atoms with Crippen molar-refractivity contribution in [1.82, 2.24) is 0 Å². The number of amides is 1. The number of allylic oxidation sites excluding steroid dienone is 1. The van der Waals surface area contributed by atoms with Crippen molar-refractivity contribution in [2.75, 3.05) is 11.9 Å². The van der Waals surface area contributed by atoms with E-state index in [-0.39, 0.29) is 35.0 Å². The summed E-state index contributed by atoms with van der Waals surface area (Å²) >= 11 is 5.96. The fourth-order valence-electron chi connectivity index (χ4n) is 3.37.